The zero-order valence-electron chi connectivity index (χ0n) is 9.02. The van der Waals surface area contributed by atoms with Crippen LogP contribution >= 0.6 is 12.2 Å². The second-order valence-corrected chi connectivity index (χ2v) is 7.04. The molecule has 15 heavy (non-hydrogen) atoms. The van der Waals surface area contributed by atoms with Crippen LogP contribution in [0.4, 0.5) is 0 Å². The molecule has 88 valence electrons. The Balaban J connectivity index is 2.86. The predicted octanol–water partition coefficient (Wildman–Crippen LogP) is 0.502. The zero-order valence-corrected chi connectivity index (χ0v) is 10.7. The smallest absolute Gasteiger partial charge is 0.150 e. The molecule has 0 saturated heterocycles. The minimum absolute atomic E-state index is 0.325. The molecule has 0 amide bonds. The van der Waals surface area contributed by atoms with E-state index in [1.54, 1.807) is 7.11 Å². The van der Waals surface area contributed by atoms with Crippen molar-refractivity contribution in [1.29, 1.82) is 0 Å². The van der Waals surface area contributed by atoms with Crippen molar-refractivity contribution in [2.24, 2.45) is 11.1 Å². The Morgan fingerprint density at radius 2 is 2.27 bits per heavy atom. The molecule has 1 aliphatic rings. The monoisotopic (exact) mass is 251 g/mol. The van der Waals surface area contributed by atoms with E-state index in [2.05, 4.69) is 0 Å². The maximum atomic E-state index is 11.4. The molecule has 0 radical (unpaired) electrons. The number of nitrogens with two attached hydrogens (primary N) is 1. The van der Waals surface area contributed by atoms with E-state index in [0.29, 0.717) is 30.9 Å². The fourth-order valence-corrected chi connectivity index (χ4v) is 3.56. The molecule has 6 heteroatoms. The van der Waals surface area contributed by atoms with E-state index in [9.17, 15) is 8.42 Å². The van der Waals surface area contributed by atoms with Crippen LogP contribution in [-0.4, -0.2) is 38.6 Å². The van der Waals surface area contributed by atoms with Crippen molar-refractivity contribution in [2.75, 3.05) is 20.0 Å². The van der Waals surface area contributed by atoms with Crippen LogP contribution in [0.15, 0.2) is 0 Å². The van der Waals surface area contributed by atoms with Crippen LogP contribution in [0, 0.1) is 5.41 Å². The summed E-state index contributed by atoms with van der Waals surface area (Å²) in [5.74, 6) is 0. The van der Waals surface area contributed by atoms with Gasteiger partial charge in [-0.3, -0.25) is 0 Å². The summed E-state index contributed by atoms with van der Waals surface area (Å²) >= 11 is 5.01. The van der Waals surface area contributed by atoms with E-state index < -0.39 is 15.3 Å². The van der Waals surface area contributed by atoms with Crippen molar-refractivity contribution >= 4 is 27.0 Å². The fourth-order valence-electron chi connectivity index (χ4n) is 2.14. The van der Waals surface area contributed by atoms with E-state index in [-0.39, 0.29) is 5.25 Å². The normalized spacial score (nSPS) is 31.7. The third-order valence-electron chi connectivity index (χ3n) is 3.11. The van der Waals surface area contributed by atoms with Crippen LogP contribution in [0.3, 0.4) is 0 Å². The lowest BCUT2D eigenvalue weighted by molar-refractivity contribution is 0.127. The Morgan fingerprint density at radius 1 is 1.67 bits per heavy atom. The van der Waals surface area contributed by atoms with Gasteiger partial charge in [0.05, 0.1) is 16.8 Å². The lowest BCUT2D eigenvalue weighted by atomic mass is 9.87. The second-order valence-electron chi connectivity index (χ2n) is 4.27. The lowest BCUT2D eigenvalue weighted by Crippen LogP contribution is -2.38. The average molecular weight is 251 g/mol. The second kappa shape index (κ2) is 4.35. The van der Waals surface area contributed by atoms with Gasteiger partial charge in [-0.25, -0.2) is 8.42 Å². The number of ether oxygens (including phenoxy) is 1. The Hall–Kier alpha value is -0.200. The van der Waals surface area contributed by atoms with Gasteiger partial charge in [-0.1, -0.05) is 12.2 Å². The SMILES string of the molecule is COCC1(C(N)=S)CCC(S(C)(=O)=O)C1. The molecular weight excluding hydrogens is 234 g/mol. The molecule has 2 N–H and O–H groups in total. The molecule has 0 aromatic carbocycles. The molecule has 0 bridgehead atoms. The van der Waals surface area contributed by atoms with Gasteiger partial charge >= 0.3 is 0 Å². The summed E-state index contributed by atoms with van der Waals surface area (Å²) in [5.41, 5.74) is 5.26. The van der Waals surface area contributed by atoms with E-state index in [1.165, 1.54) is 6.26 Å². The molecule has 1 aliphatic carbocycles. The minimum atomic E-state index is -3.00. The van der Waals surface area contributed by atoms with Gasteiger partial charge in [0.25, 0.3) is 0 Å². The average Bonchev–Trinajstić information content (AvgIpc) is 2.49. The van der Waals surface area contributed by atoms with E-state index >= 15 is 0 Å². The van der Waals surface area contributed by atoms with Gasteiger partial charge in [-0.15, -0.1) is 0 Å². The Morgan fingerprint density at radius 3 is 2.60 bits per heavy atom. The maximum Gasteiger partial charge on any atom is 0.150 e. The van der Waals surface area contributed by atoms with Crippen LogP contribution < -0.4 is 5.73 Å². The minimum Gasteiger partial charge on any atom is -0.393 e. The zero-order chi connectivity index (χ0) is 11.7. The largest absolute Gasteiger partial charge is 0.393 e. The highest BCUT2D eigenvalue weighted by Gasteiger charge is 2.45. The summed E-state index contributed by atoms with van der Waals surface area (Å²) in [4.78, 5) is 0.371. The highest BCUT2D eigenvalue weighted by atomic mass is 32.2. The van der Waals surface area contributed by atoms with Gasteiger partial charge in [0.15, 0.2) is 0 Å². The topological polar surface area (TPSA) is 69.4 Å². The molecule has 0 aliphatic heterocycles. The Bertz CT molecular complexity index is 352. The number of sulfone groups is 1. The number of thiocarbonyl (C=S) groups is 1. The highest BCUT2D eigenvalue weighted by molar-refractivity contribution is 7.91. The summed E-state index contributed by atoms with van der Waals surface area (Å²) < 4.78 is 27.9. The van der Waals surface area contributed by atoms with Gasteiger partial charge in [-0.2, -0.15) is 0 Å². The van der Waals surface area contributed by atoms with E-state index in [0.717, 1.165) is 0 Å². The third-order valence-corrected chi connectivity index (χ3v) is 5.16. The van der Waals surface area contributed by atoms with Crippen molar-refractivity contribution in [1.82, 2.24) is 0 Å². The van der Waals surface area contributed by atoms with Crippen LogP contribution in [0.2, 0.25) is 0 Å². The Labute approximate surface area is 96.1 Å². The van der Waals surface area contributed by atoms with Crippen LogP contribution in [-0.2, 0) is 14.6 Å². The molecule has 4 nitrogen and oxygen atoms in total. The summed E-state index contributed by atoms with van der Waals surface area (Å²) in [7, 11) is -1.42. The summed E-state index contributed by atoms with van der Waals surface area (Å²) in [6.07, 6.45) is 3.09. The first kappa shape index (κ1) is 12.9. The molecule has 0 heterocycles. The fraction of sp³-hybridized carbons (Fsp3) is 0.889. The molecule has 0 aromatic rings. The molecule has 2 atom stereocenters. The molecule has 1 fully saturated rings. The number of methoxy groups -OCH3 is 1. The van der Waals surface area contributed by atoms with Crippen LogP contribution in [0.1, 0.15) is 19.3 Å². The van der Waals surface area contributed by atoms with Gasteiger partial charge < -0.3 is 10.5 Å². The standard InChI is InChI=1S/C9H17NO3S2/c1-13-6-9(8(10)14)4-3-7(5-9)15(2,11)12/h7H,3-6H2,1-2H3,(H2,10,14). The van der Waals surface area contributed by atoms with Crippen molar-refractivity contribution in [3.63, 3.8) is 0 Å². The lowest BCUT2D eigenvalue weighted by Gasteiger charge is -2.26. The number of rotatable bonds is 4. The van der Waals surface area contributed by atoms with Crippen molar-refractivity contribution in [2.45, 2.75) is 24.5 Å². The number of hydrogen-bond donors (Lipinski definition) is 1. The number of hydrogen-bond acceptors (Lipinski definition) is 4. The van der Waals surface area contributed by atoms with Gasteiger partial charge in [-0.05, 0) is 19.3 Å². The van der Waals surface area contributed by atoms with Gasteiger partial charge in [0, 0.05) is 18.8 Å². The molecule has 2 unspecified atom stereocenters. The predicted molar refractivity (Wildman–Crippen MR) is 63.6 cm³/mol. The van der Waals surface area contributed by atoms with Crippen molar-refractivity contribution in [3.05, 3.63) is 0 Å². The van der Waals surface area contributed by atoms with Crippen molar-refractivity contribution < 1.29 is 13.2 Å². The first-order valence-corrected chi connectivity index (χ1v) is 7.16. The summed E-state index contributed by atoms with van der Waals surface area (Å²) in [6.45, 7) is 0.411. The maximum absolute atomic E-state index is 11.4. The van der Waals surface area contributed by atoms with Crippen molar-refractivity contribution in [3.8, 4) is 0 Å². The third kappa shape index (κ3) is 2.68. The molecule has 0 spiro atoms. The first-order chi connectivity index (χ1) is 6.82. The molecule has 0 aromatic heterocycles. The van der Waals surface area contributed by atoms with Gasteiger partial charge in [0.1, 0.15) is 9.84 Å². The molecule has 1 saturated carbocycles. The van der Waals surface area contributed by atoms with E-state index in [4.69, 9.17) is 22.7 Å². The molecule has 1 rings (SSSR count). The quantitative estimate of drug-likeness (QED) is 0.737. The van der Waals surface area contributed by atoms with Crippen LogP contribution in [0.25, 0.3) is 0 Å². The summed E-state index contributed by atoms with van der Waals surface area (Å²) in [5, 5.41) is -0.325. The first-order valence-electron chi connectivity index (χ1n) is 4.79. The van der Waals surface area contributed by atoms with E-state index in [1.807, 2.05) is 0 Å². The molecular formula is C9H17NO3S2. The Kier molecular flexibility index (Phi) is 3.73. The van der Waals surface area contributed by atoms with Gasteiger partial charge in [0.2, 0.25) is 0 Å². The highest BCUT2D eigenvalue weighted by Crippen LogP contribution is 2.41. The summed E-state index contributed by atoms with van der Waals surface area (Å²) in [6, 6.07) is 0. The van der Waals surface area contributed by atoms with Crippen LogP contribution in [0.5, 0.6) is 0 Å².